The number of halogens is 3. The van der Waals surface area contributed by atoms with Crippen LogP contribution in [0.3, 0.4) is 0 Å². The van der Waals surface area contributed by atoms with E-state index in [2.05, 4.69) is 10.1 Å². The molecule has 0 aliphatic rings. The van der Waals surface area contributed by atoms with Crippen molar-refractivity contribution in [1.29, 1.82) is 0 Å². The maximum absolute atomic E-state index is 13.7. The molecule has 2 aromatic carbocycles. The van der Waals surface area contributed by atoms with Crippen molar-refractivity contribution in [2.75, 3.05) is 12.1 Å². The molecule has 3 aromatic rings. The quantitative estimate of drug-likeness (QED) is 0.708. The van der Waals surface area contributed by atoms with E-state index >= 15 is 0 Å². The zero-order valence-corrected chi connectivity index (χ0v) is 13.8. The summed E-state index contributed by atoms with van der Waals surface area (Å²) in [6.07, 6.45) is 3.05. The van der Waals surface area contributed by atoms with Crippen molar-refractivity contribution in [2.24, 2.45) is 0 Å². The van der Waals surface area contributed by atoms with Crippen LogP contribution in [0.1, 0.15) is 5.56 Å². The maximum atomic E-state index is 13.7. The lowest BCUT2D eigenvalue weighted by molar-refractivity contribution is 0.575. The molecule has 0 fully saturated rings. The molecule has 0 aliphatic heterocycles. The van der Waals surface area contributed by atoms with Crippen LogP contribution in [-0.4, -0.2) is 21.9 Å². The fourth-order valence-electron chi connectivity index (χ4n) is 2.34. The predicted molar refractivity (Wildman–Crippen MR) is 89.7 cm³/mol. The Hall–Kier alpha value is -2.11. The van der Waals surface area contributed by atoms with Gasteiger partial charge in [0.05, 0.1) is 6.54 Å². The molecule has 0 bridgehead atoms. The summed E-state index contributed by atoms with van der Waals surface area (Å²) >= 11 is 12.2. The predicted octanol–water partition coefficient (Wildman–Crippen LogP) is 4.16. The highest BCUT2D eigenvalue weighted by molar-refractivity contribution is 6.36. The molecule has 0 amide bonds. The molecule has 0 unspecified atom stereocenters. The van der Waals surface area contributed by atoms with E-state index in [1.165, 1.54) is 18.5 Å². The molecule has 0 atom stereocenters. The number of aromatic nitrogens is 3. The Labute approximate surface area is 143 Å². The number of hydrogen-bond donors (Lipinski definition) is 0. The second-order valence-corrected chi connectivity index (χ2v) is 5.90. The third-order valence-electron chi connectivity index (χ3n) is 3.45. The monoisotopic (exact) mass is 350 g/mol. The van der Waals surface area contributed by atoms with Gasteiger partial charge in [0.2, 0.25) is 0 Å². The van der Waals surface area contributed by atoms with Crippen molar-refractivity contribution in [3.63, 3.8) is 0 Å². The average molecular weight is 351 g/mol. The molecule has 23 heavy (non-hydrogen) atoms. The van der Waals surface area contributed by atoms with Gasteiger partial charge in [-0.2, -0.15) is 4.79 Å². The molecular weight excluding hydrogens is 338 g/mol. The van der Waals surface area contributed by atoms with Crippen LogP contribution in [0.5, 0.6) is 0 Å². The van der Waals surface area contributed by atoms with E-state index in [0.717, 1.165) is 16.7 Å². The topological polar surface area (TPSA) is 34.0 Å². The fraction of sp³-hybridized carbons (Fsp3) is 0.125. The van der Waals surface area contributed by atoms with Crippen LogP contribution >= 0.6 is 23.2 Å². The van der Waals surface area contributed by atoms with Crippen LogP contribution in [-0.2, 0) is 6.54 Å². The minimum atomic E-state index is -0.321. The lowest BCUT2D eigenvalue weighted by Crippen LogP contribution is -2.30. The van der Waals surface area contributed by atoms with Crippen molar-refractivity contribution in [1.82, 2.24) is 14.9 Å². The van der Waals surface area contributed by atoms with Crippen LogP contribution in [0.4, 0.5) is 4.39 Å². The first-order valence-electron chi connectivity index (χ1n) is 6.84. The third-order valence-corrected chi connectivity index (χ3v) is 4.00. The van der Waals surface area contributed by atoms with E-state index in [1.54, 1.807) is 35.4 Å². The molecule has 0 saturated carbocycles. The molecule has 0 radical (unpaired) electrons. The average Bonchev–Trinajstić information content (AvgIpc) is 3.04. The molecule has 0 spiro atoms. The van der Waals surface area contributed by atoms with E-state index < -0.39 is 0 Å². The van der Waals surface area contributed by atoms with Gasteiger partial charge in [-0.25, -0.2) is 9.37 Å². The third kappa shape index (κ3) is 3.46. The minimum absolute atomic E-state index is 0.321. The molecule has 118 valence electrons. The molecule has 1 heterocycles. The van der Waals surface area contributed by atoms with Gasteiger partial charge in [0.15, 0.2) is 0 Å². The zero-order chi connectivity index (χ0) is 16.4. The first-order valence-corrected chi connectivity index (χ1v) is 7.60. The van der Waals surface area contributed by atoms with Gasteiger partial charge in [0.25, 0.3) is 0 Å². The van der Waals surface area contributed by atoms with E-state index in [1.807, 2.05) is 12.1 Å². The van der Waals surface area contributed by atoms with Gasteiger partial charge in [0, 0.05) is 22.7 Å². The molecule has 4 nitrogen and oxygen atoms in total. The second kappa shape index (κ2) is 6.56. The van der Waals surface area contributed by atoms with Gasteiger partial charge in [0.1, 0.15) is 18.5 Å². The summed E-state index contributed by atoms with van der Waals surface area (Å²) in [5, 5.41) is 6.95. The van der Waals surface area contributed by atoms with Gasteiger partial charge in [-0.1, -0.05) is 35.3 Å². The number of hydrogen-bond acceptors (Lipinski definition) is 3. The molecule has 3 rings (SSSR count). The lowest BCUT2D eigenvalue weighted by Gasteiger charge is -2.20. The smallest absolute Gasteiger partial charge is 0.139 e. The van der Waals surface area contributed by atoms with Crippen LogP contribution in [0.25, 0.3) is 11.1 Å². The van der Waals surface area contributed by atoms with E-state index in [9.17, 15) is 4.39 Å². The Kier molecular flexibility index (Phi) is 4.50. The summed E-state index contributed by atoms with van der Waals surface area (Å²) in [4.78, 5) is 5.53. The van der Waals surface area contributed by atoms with Gasteiger partial charge in [-0.15, -0.1) is 5.10 Å². The van der Waals surface area contributed by atoms with Crippen molar-refractivity contribution in [3.8, 4) is 11.1 Å². The SMILES string of the molecule is CN(Cc1ccc(F)cc1-c1ccc(Cl)cc1Cl)n1cncn1. The molecule has 7 heteroatoms. The van der Waals surface area contributed by atoms with E-state index in [-0.39, 0.29) is 5.82 Å². The van der Waals surface area contributed by atoms with Crippen LogP contribution in [0.2, 0.25) is 10.0 Å². The Morgan fingerprint density at radius 2 is 1.96 bits per heavy atom. The standard InChI is InChI=1S/C16H13Cl2FN4/c1-22(23-10-20-9-21-23)8-11-2-4-13(19)7-15(11)14-5-3-12(17)6-16(14)18/h2-7,9-10H,8H2,1H3. The summed E-state index contributed by atoms with van der Waals surface area (Å²) in [7, 11) is 1.87. The first kappa shape index (κ1) is 15.8. The van der Waals surface area contributed by atoms with Crippen LogP contribution < -0.4 is 5.01 Å². The minimum Gasteiger partial charge on any atom is -0.294 e. The number of nitrogens with zero attached hydrogens (tertiary/aromatic N) is 4. The summed E-state index contributed by atoms with van der Waals surface area (Å²) in [6, 6.07) is 9.81. The second-order valence-electron chi connectivity index (χ2n) is 5.06. The van der Waals surface area contributed by atoms with Crippen molar-refractivity contribution in [2.45, 2.75) is 6.54 Å². The van der Waals surface area contributed by atoms with E-state index in [0.29, 0.717) is 16.6 Å². The van der Waals surface area contributed by atoms with Crippen molar-refractivity contribution in [3.05, 3.63) is 70.5 Å². The van der Waals surface area contributed by atoms with Crippen LogP contribution in [0.15, 0.2) is 49.1 Å². The van der Waals surface area contributed by atoms with Gasteiger partial charge in [-0.05, 0) is 35.4 Å². The summed E-state index contributed by atoms with van der Waals surface area (Å²) in [5.41, 5.74) is 2.37. The summed E-state index contributed by atoms with van der Waals surface area (Å²) in [6.45, 7) is 0.512. The van der Waals surface area contributed by atoms with Gasteiger partial charge >= 0.3 is 0 Å². The van der Waals surface area contributed by atoms with Crippen LogP contribution in [0, 0.1) is 5.82 Å². The Morgan fingerprint density at radius 1 is 1.13 bits per heavy atom. The van der Waals surface area contributed by atoms with Crippen molar-refractivity contribution < 1.29 is 4.39 Å². The number of rotatable bonds is 4. The van der Waals surface area contributed by atoms with E-state index in [4.69, 9.17) is 23.2 Å². The Morgan fingerprint density at radius 3 is 2.65 bits per heavy atom. The van der Waals surface area contributed by atoms with Gasteiger partial charge in [-0.3, -0.25) is 5.01 Å². The first-order chi connectivity index (χ1) is 11.0. The number of benzene rings is 2. The lowest BCUT2D eigenvalue weighted by atomic mass is 9.99. The highest BCUT2D eigenvalue weighted by Crippen LogP contribution is 2.33. The van der Waals surface area contributed by atoms with Gasteiger partial charge < -0.3 is 0 Å². The Bertz CT molecular complexity index is 821. The summed E-state index contributed by atoms with van der Waals surface area (Å²) in [5.74, 6) is -0.321. The highest BCUT2D eigenvalue weighted by atomic mass is 35.5. The zero-order valence-electron chi connectivity index (χ0n) is 12.2. The maximum Gasteiger partial charge on any atom is 0.139 e. The molecule has 0 saturated heterocycles. The normalized spacial score (nSPS) is 10.8. The van der Waals surface area contributed by atoms with Crippen molar-refractivity contribution >= 4 is 23.2 Å². The summed E-state index contributed by atoms with van der Waals surface area (Å²) < 4.78 is 13.7. The molecule has 0 aliphatic carbocycles. The highest BCUT2D eigenvalue weighted by Gasteiger charge is 2.13. The fourth-order valence-corrected chi connectivity index (χ4v) is 2.85. The Balaban J connectivity index is 2.01. The molecular formula is C16H13Cl2FN4. The molecule has 0 N–H and O–H groups in total. The largest absolute Gasteiger partial charge is 0.294 e. The molecule has 1 aromatic heterocycles.